The maximum atomic E-state index is 13.5. The van der Waals surface area contributed by atoms with Gasteiger partial charge in [-0.3, -0.25) is 4.79 Å². The number of amides is 1. The first-order valence-corrected chi connectivity index (χ1v) is 11.0. The summed E-state index contributed by atoms with van der Waals surface area (Å²) in [6.07, 6.45) is 2.02. The van der Waals surface area contributed by atoms with Gasteiger partial charge in [0.1, 0.15) is 12.4 Å². The molecule has 0 bridgehead atoms. The summed E-state index contributed by atoms with van der Waals surface area (Å²) < 4.78 is 22.4. The molecule has 3 aromatic rings. The van der Waals surface area contributed by atoms with E-state index in [1.54, 1.807) is 33.5 Å². The molecule has 0 spiro atoms. The predicted octanol–water partition coefficient (Wildman–Crippen LogP) is 5.10. The van der Waals surface area contributed by atoms with Crippen LogP contribution >= 0.6 is 0 Å². The molecular formula is C27H29NO5. The molecule has 0 aromatic heterocycles. The number of rotatable bonds is 10. The van der Waals surface area contributed by atoms with Crippen LogP contribution in [0.3, 0.4) is 0 Å². The van der Waals surface area contributed by atoms with Gasteiger partial charge in [-0.2, -0.15) is 0 Å². The first-order valence-electron chi connectivity index (χ1n) is 11.0. The second kappa shape index (κ2) is 10.3. The first-order chi connectivity index (χ1) is 16.1. The number of ether oxygens (including phenoxy) is 4. The van der Waals surface area contributed by atoms with Crippen molar-refractivity contribution in [2.45, 2.75) is 32.0 Å². The van der Waals surface area contributed by atoms with Crippen molar-refractivity contribution in [3.63, 3.8) is 0 Å². The average molecular weight is 448 g/mol. The standard InChI is InChI=1S/C27H29NO5/c1-30-23-13-9-19(10-14-23)17-28(22-11-12-22)27(29)21-15-24(31-2)26(25(16-21)32-3)33-18-20-7-5-4-6-8-20/h4-10,13-16,22H,11-12,17-18H2,1-3H3. The zero-order valence-electron chi connectivity index (χ0n) is 19.2. The van der Waals surface area contributed by atoms with E-state index in [0.717, 1.165) is 29.7 Å². The first kappa shape index (κ1) is 22.5. The molecule has 6 nitrogen and oxygen atoms in total. The minimum absolute atomic E-state index is 0.0560. The summed E-state index contributed by atoms with van der Waals surface area (Å²) >= 11 is 0. The van der Waals surface area contributed by atoms with Crippen molar-refractivity contribution in [1.29, 1.82) is 0 Å². The van der Waals surface area contributed by atoms with E-state index in [-0.39, 0.29) is 11.9 Å². The third kappa shape index (κ3) is 5.40. The minimum Gasteiger partial charge on any atom is -0.497 e. The van der Waals surface area contributed by atoms with Gasteiger partial charge in [0.15, 0.2) is 11.5 Å². The number of benzene rings is 3. The normalized spacial score (nSPS) is 12.7. The molecular weight excluding hydrogens is 418 g/mol. The lowest BCUT2D eigenvalue weighted by Crippen LogP contribution is -2.32. The van der Waals surface area contributed by atoms with E-state index in [2.05, 4.69) is 0 Å². The third-order valence-electron chi connectivity index (χ3n) is 5.69. The molecule has 0 radical (unpaired) electrons. The highest BCUT2D eigenvalue weighted by Crippen LogP contribution is 2.40. The molecule has 0 saturated heterocycles. The molecule has 172 valence electrons. The Bertz CT molecular complexity index is 1050. The van der Waals surface area contributed by atoms with E-state index in [1.165, 1.54) is 0 Å². The summed E-state index contributed by atoms with van der Waals surface area (Å²) in [6.45, 7) is 0.900. The third-order valence-corrected chi connectivity index (χ3v) is 5.69. The Morgan fingerprint density at radius 3 is 2.03 bits per heavy atom. The maximum Gasteiger partial charge on any atom is 0.254 e. The number of hydrogen-bond donors (Lipinski definition) is 0. The number of carbonyl (C=O) groups excluding carboxylic acids is 1. The van der Waals surface area contributed by atoms with E-state index >= 15 is 0 Å². The zero-order valence-corrected chi connectivity index (χ0v) is 19.2. The minimum atomic E-state index is -0.0560. The Morgan fingerprint density at radius 1 is 0.848 bits per heavy atom. The van der Waals surface area contributed by atoms with E-state index < -0.39 is 0 Å². The molecule has 1 amide bonds. The molecule has 0 aliphatic heterocycles. The van der Waals surface area contributed by atoms with Gasteiger partial charge in [0.25, 0.3) is 5.91 Å². The average Bonchev–Trinajstić information content (AvgIpc) is 3.71. The highest BCUT2D eigenvalue weighted by molar-refractivity contribution is 5.96. The molecule has 0 heterocycles. The Kier molecular flexibility index (Phi) is 7.03. The second-order valence-electron chi connectivity index (χ2n) is 8.00. The smallest absolute Gasteiger partial charge is 0.254 e. The molecule has 1 saturated carbocycles. The van der Waals surface area contributed by atoms with Gasteiger partial charge in [-0.25, -0.2) is 0 Å². The fourth-order valence-corrected chi connectivity index (χ4v) is 3.72. The van der Waals surface area contributed by atoms with Crippen LogP contribution in [0.1, 0.15) is 34.3 Å². The maximum absolute atomic E-state index is 13.5. The molecule has 33 heavy (non-hydrogen) atoms. The molecule has 4 rings (SSSR count). The molecule has 0 N–H and O–H groups in total. The highest BCUT2D eigenvalue weighted by Gasteiger charge is 2.34. The van der Waals surface area contributed by atoms with Gasteiger partial charge in [-0.1, -0.05) is 42.5 Å². The molecule has 0 atom stereocenters. The molecule has 1 aliphatic rings. The molecule has 3 aromatic carbocycles. The van der Waals surface area contributed by atoms with Gasteiger partial charge >= 0.3 is 0 Å². The van der Waals surface area contributed by atoms with Crippen molar-refractivity contribution in [3.05, 3.63) is 83.4 Å². The number of nitrogens with zero attached hydrogens (tertiary/aromatic N) is 1. The Balaban J connectivity index is 1.57. The van der Waals surface area contributed by atoms with Crippen molar-refractivity contribution >= 4 is 5.91 Å². The van der Waals surface area contributed by atoms with Crippen LogP contribution in [0.5, 0.6) is 23.0 Å². The second-order valence-corrected chi connectivity index (χ2v) is 8.00. The van der Waals surface area contributed by atoms with Crippen molar-refractivity contribution < 1.29 is 23.7 Å². The van der Waals surface area contributed by atoms with Crippen LogP contribution in [-0.2, 0) is 13.2 Å². The lowest BCUT2D eigenvalue weighted by Gasteiger charge is -2.24. The molecule has 1 aliphatic carbocycles. The summed E-state index contributed by atoms with van der Waals surface area (Å²) in [5.41, 5.74) is 2.59. The van der Waals surface area contributed by atoms with Crippen LogP contribution in [0.15, 0.2) is 66.7 Å². The van der Waals surface area contributed by atoms with E-state index in [4.69, 9.17) is 18.9 Å². The van der Waals surface area contributed by atoms with Gasteiger partial charge in [-0.15, -0.1) is 0 Å². The van der Waals surface area contributed by atoms with Gasteiger partial charge < -0.3 is 23.8 Å². The summed E-state index contributed by atoms with van der Waals surface area (Å²) in [5.74, 6) is 2.15. The Morgan fingerprint density at radius 2 is 1.48 bits per heavy atom. The van der Waals surface area contributed by atoms with Crippen molar-refractivity contribution in [1.82, 2.24) is 4.90 Å². The number of hydrogen-bond acceptors (Lipinski definition) is 5. The summed E-state index contributed by atoms with van der Waals surface area (Å²) in [6, 6.07) is 21.4. The SMILES string of the molecule is COc1ccc(CN(C(=O)c2cc(OC)c(OCc3ccccc3)c(OC)c2)C2CC2)cc1. The zero-order chi connectivity index (χ0) is 23.2. The van der Waals surface area contributed by atoms with Crippen LogP contribution in [0.25, 0.3) is 0 Å². The van der Waals surface area contributed by atoms with Crippen LogP contribution in [0, 0.1) is 0 Å². The van der Waals surface area contributed by atoms with Gasteiger partial charge in [0, 0.05) is 18.2 Å². The van der Waals surface area contributed by atoms with Crippen LogP contribution in [0.4, 0.5) is 0 Å². The van der Waals surface area contributed by atoms with Gasteiger partial charge in [-0.05, 0) is 48.2 Å². The van der Waals surface area contributed by atoms with E-state index in [9.17, 15) is 4.79 Å². The monoisotopic (exact) mass is 447 g/mol. The van der Waals surface area contributed by atoms with Crippen LogP contribution < -0.4 is 18.9 Å². The van der Waals surface area contributed by atoms with E-state index in [1.807, 2.05) is 59.5 Å². The summed E-state index contributed by atoms with van der Waals surface area (Å²) in [5, 5.41) is 0. The Hall–Kier alpha value is -3.67. The van der Waals surface area contributed by atoms with Crippen molar-refractivity contribution in [2.24, 2.45) is 0 Å². The van der Waals surface area contributed by atoms with Gasteiger partial charge in [0.2, 0.25) is 5.75 Å². The molecule has 1 fully saturated rings. The largest absolute Gasteiger partial charge is 0.497 e. The van der Waals surface area contributed by atoms with Gasteiger partial charge in [0.05, 0.1) is 21.3 Å². The number of methoxy groups -OCH3 is 3. The highest BCUT2D eigenvalue weighted by atomic mass is 16.5. The summed E-state index contributed by atoms with van der Waals surface area (Å²) in [4.78, 5) is 15.4. The van der Waals surface area contributed by atoms with Crippen molar-refractivity contribution in [2.75, 3.05) is 21.3 Å². The molecule has 6 heteroatoms. The lowest BCUT2D eigenvalue weighted by atomic mass is 10.1. The van der Waals surface area contributed by atoms with Crippen LogP contribution in [0.2, 0.25) is 0 Å². The Labute approximate surface area is 194 Å². The fourth-order valence-electron chi connectivity index (χ4n) is 3.72. The fraction of sp³-hybridized carbons (Fsp3) is 0.296. The summed E-state index contributed by atoms with van der Waals surface area (Å²) in [7, 11) is 4.77. The predicted molar refractivity (Wildman–Crippen MR) is 126 cm³/mol. The van der Waals surface area contributed by atoms with E-state index in [0.29, 0.717) is 36.0 Å². The molecule has 0 unspecified atom stereocenters. The number of carbonyl (C=O) groups is 1. The quantitative estimate of drug-likeness (QED) is 0.433. The van der Waals surface area contributed by atoms with Crippen molar-refractivity contribution in [3.8, 4) is 23.0 Å². The lowest BCUT2D eigenvalue weighted by molar-refractivity contribution is 0.0729. The topological polar surface area (TPSA) is 57.2 Å². The van der Waals surface area contributed by atoms with Crippen LogP contribution in [-0.4, -0.2) is 38.2 Å².